The van der Waals surface area contributed by atoms with Crippen LogP contribution in [0.5, 0.6) is 0 Å². The highest BCUT2D eigenvalue weighted by atomic mass is 16.7. The monoisotopic (exact) mass is 1130 g/mol. The lowest BCUT2D eigenvalue weighted by molar-refractivity contribution is -0.870. The zero-order valence-electron chi connectivity index (χ0n) is 52.9. The van der Waals surface area contributed by atoms with Gasteiger partial charge in [-0.25, -0.2) is 4.79 Å². The van der Waals surface area contributed by atoms with Crippen molar-refractivity contribution in [2.75, 3.05) is 47.5 Å². The van der Waals surface area contributed by atoms with E-state index in [0.29, 0.717) is 11.0 Å². The van der Waals surface area contributed by atoms with E-state index in [1.807, 2.05) is 21.1 Å². The lowest BCUT2D eigenvalue weighted by Gasteiger charge is -2.25. The van der Waals surface area contributed by atoms with Crippen molar-refractivity contribution in [1.82, 2.24) is 0 Å². The van der Waals surface area contributed by atoms with Crippen molar-refractivity contribution in [3.05, 3.63) is 109 Å². The quantitative estimate of drug-likeness (QED) is 0.0211. The molecular weight excluding hydrogens is 1010 g/mol. The van der Waals surface area contributed by atoms with Gasteiger partial charge in [0.05, 0.1) is 34.4 Å². The molecule has 0 aromatic rings. The van der Waals surface area contributed by atoms with Crippen LogP contribution in [0, 0.1) is 0 Å². The molecule has 0 radical (unpaired) electrons. The highest BCUT2D eigenvalue weighted by Crippen LogP contribution is 2.17. The van der Waals surface area contributed by atoms with Crippen LogP contribution in [0.3, 0.4) is 0 Å². The Morgan fingerprint density at radius 3 is 1.05 bits per heavy atom. The van der Waals surface area contributed by atoms with Crippen molar-refractivity contribution in [3.63, 3.8) is 0 Å². The number of esters is 2. The van der Waals surface area contributed by atoms with E-state index in [9.17, 15) is 19.5 Å². The van der Waals surface area contributed by atoms with Crippen molar-refractivity contribution in [2.45, 2.75) is 283 Å². The molecule has 0 bridgehead atoms. The Bertz CT molecular complexity index is 1700. The number of unbranched alkanes of at least 4 members (excludes halogenated alkanes) is 27. The average molecular weight is 1130 g/mol. The standard InChI is InChI=1S/C72H123NO8/c1-6-8-10-12-14-16-18-20-22-24-26-27-28-29-30-31-32-33-34-35-36-37-38-39-40-41-42-43-45-47-49-51-53-55-57-59-61-63-70(75)81-68(67-80-72(71(76)77)78-65-64-73(3,4)5)66-79-69(74)62-60-58-56-54-52-50-48-46-44-25-23-21-19-17-15-13-11-9-7-2/h8,10,14-17,20-23,26-27,29-30,32-33,44,46,68,72H,6-7,9,11-13,18-19,24-25,28,31,34-43,45,47-67H2,1-5H3/p+1/b10-8-,16-14-,17-15-,22-20-,23-21-,27-26-,30-29-,33-32-,46-44-. The van der Waals surface area contributed by atoms with Gasteiger partial charge in [0.2, 0.25) is 0 Å². The number of rotatable bonds is 60. The third-order valence-electron chi connectivity index (χ3n) is 14.0. The van der Waals surface area contributed by atoms with Gasteiger partial charge < -0.3 is 28.5 Å². The predicted molar refractivity (Wildman–Crippen MR) is 345 cm³/mol. The first-order valence-corrected chi connectivity index (χ1v) is 33.1. The van der Waals surface area contributed by atoms with Crippen LogP contribution in [0.15, 0.2) is 109 Å². The smallest absolute Gasteiger partial charge is 0.361 e. The van der Waals surface area contributed by atoms with Crippen molar-refractivity contribution in [2.24, 2.45) is 0 Å². The molecule has 0 aromatic heterocycles. The van der Waals surface area contributed by atoms with Crippen LogP contribution in [0.4, 0.5) is 0 Å². The van der Waals surface area contributed by atoms with Crippen molar-refractivity contribution < 1.29 is 42.9 Å². The zero-order valence-corrected chi connectivity index (χ0v) is 52.9. The number of carboxylic acids is 1. The molecule has 464 valence electrons. The highest BCUT2D eigenvalue weighted by Gasteiger charge is 2.25. The molecule has 9 nitrogen and oxygen atoms in total. The van der Waals surface area contributed by atoms with Crippen molar-refractivity contribution >= 4 is 17.9 Å². The summed E-state index contributed by atoms with van der Waals surface area (Å²) in [5.41, 5.74) is 0. The molecule has 0 saturated heterocycles. The van der Waals surface area contributed by atoms with Gasteiger partial charge in [0, 0.05) is 12.8 Å². The molecule has 0 aliphatic carbocycles. The van der Waals surface area contributed by atoms with Gasteiger partial charge in [0.25, 0.3) is 6.29 Å². The largest absolute Gasteiger partial charge is 0.477 e. The maximum Gasteiger partial charge on any atom is 0.361 e. The molecule has 0 rings (SSSR count). The number of carbonyl (C=O) groups is 3. The first-order chi connectivity index (χ1) is 39.6. The molecule has 0 saturated carbocycles. The molecular formula is C72H124NO8+. The van der Waals surface area contributed by atoms with Crippen LogP contribution in [-0.4, -0.2) is 87.4 Å². The molecule has 1 N–H and O–H groups in total. The molecule has 2 atom stereocenters. The van der Waals surface area contributed by atoms with Gasteiger partial charge in [-0.1, -0.05) is 264 Å². The summed E-state index contributed by atoms with van der Waals surface area (Å²) in [6, 6.07) is 0. The molecule has 0 aliphatic heterocycles. The van der Waals surface area contributed by atoms with E-state index in [1.165, 1.54) is 141 Å². The number of allylic oxidation sites excluding steroid dienone is 18. The van der Waals surface area contributed by atoms with E-state index in [0.717, 1.165) is 103 Å². The van der Waals surface area contributed by atoms with Gasteiger partial charge in [-0.15, -0.1) is 0 Å². The summed E-state index contributed by atoms with van der Waals surface area (Å²) in [4.78, 5) is 37.5. The number of hydrogen-bond donors (Lipinski definition) is 1. The lowest BCUT2D eigenvalue weighted by Crippen LogP contribution is -2.40. The summed E-state index contributed by atoms with van der Waals surface area (Å²) >= 11 is 0. The Balaban J connectivity index is 4.10. The second kappa shape index (κ2) is 62.0. The second-order valence-electron chi connectivity index (χ2n) is 23.0. The van der Waals surface area contributed by atoms with E-state index in [1.54, 1.807) is 0 Å². The minimum atomic E-state index is -1.52. The van der Waals surface area contributed by atoms with Gasteiger partial charge in [-0.05, 0) is 103 Å². The van der Waals surface area contributed by atoms with Crippen molar-refractivity contribution in [3.8, 4) is 0 Å². The fraction of sp³-hybridized carbons (Fsp3) is 0.708. The Kier molecular flexibility index (Phi) is 58.9. The molecule has 0 amide bonds. The lowest BCUT2D eigenvalue weighted by atomic mass is 10.0. The molecule has 81 heavy (non-hydrogen) atoms. The van der Waals surface area contributed by atoms with Crippen LogP contribution in [0.2, 0.25) is 0 Å². The summed E-state index contributed by atoms with van der Waals surface area (Å²) < 4.78 is 22.9. The molecule has 9 heteroatoms. The van der Waals surface area contributed by atoms with Gasteiger partial charge >= 0.3 is 17.9 Å². The number of ether oxygens (including phenoxy) is 4. The topological polar surface area (TPSA) is 108 Å². The van der Waals surface area contributed by atoms with Gasteiger partial charge in [0.15, 0.2) is 6.10 Å². The normalized spacial score (nSPS) is 13.4. The summed E-state index contributed by atoms with van der Waals surface area (Å²) in [6.45, 7) is 4.73. The van der Waals surface area contributed by atoms with Crippen LogP contribution in [0.25, 0.3) is 0 Å². The SMILES string of the molecule is CC/C=C\C/C=C\C/C=C\C/C=C\C/C=C\C/C=C\CCCCCCCCCCCCCCCCCCCCC(=O)OC(COC(=O)CCCCCCCC/C=C\C/C=C\C/C=C\CCCCC)COC(OCC[N+](C)(C)C)C(=O)O. The number of likely N-dealkylation sites (N-methyl/N-ethyl adjacent to an activating group) is 1. The van der Waals surface area contributed by atoms with Gasteiger partial charge in [0.1, 0.15) is 13.2 Å². The summed E-state index contributed by atoms with van der Waals surface area (Å²) in [6.07, 6.45) is 83.3. The number of nitrogens with zero attached hydrogens (tertiary/aromatic N) is 1. The minimum Gasteiger partial charge on any atom is -0.477 e. The molecule has 0 spiro atoms. The Labute approximate surface area is 498 Å². The first kappa shape index (κ1) is 77.0. The van der Waals surface area contributed by atoms with Crippen LogP contribution >= 0.6 is 0 Å². The minimum absolute atomic E-state index is 0.182. The number of quaternary nitrogens is 1. The third-order valence-corrected chi connectivity index (χ3v) is 14.0. The highest BCUT2D eigenvalue weighted by molar-refractivity contribution is 5.71. The maximum absolute atomic E-state index is 12.9. The Hall–Kier alpha value is -4.05. The third kappa shape index (κ3) is 63.4. The fourth-order valence-electron chi connectivity index (χ4n) is 8.97. The molecule has 2 unspecified atom stereocenters. The van der Waals surface area contributed by atoms with Crippen LogP contribution < -0.4 is 0 Å². The average Bonchev–Trinajstić information content (AvgIpc) is 3.44. The fourth-order valence-corrected chi connectivity index (χ4v) is 8.97. The van der Waals surface area contributed by atoms with Gasteiger partial charge in [-0.3, -0.25) is 9.59 Å². The molecule has 0 aromatic carbocycles. The van der Waals surface area contributed by atoms with Crippen molar-refractivity contribution in [1.29, 1.82) is 0 Å². The first-order valence-electron chi connectivity index (χ1n) is 33.1. The van der Waals surface area contributed by atoms with Crippen LogP contribution in [0.1, 0.15) is 271 Å². The van der Waals surface area contributed by atoms with E-state index in [4.69, 9.17) is 18.9 Å². The van der Waals surface area contributed by atoms with Crippen LogP contribution in [-0.2, 0) is 33.3 Å². The second-order valence-corrected chi connectivity index (χ2v) is 23.0. The predicted octanol–water partition coefficient (Wildman–Crippen LogP) is 20.2. The van der Waals surface area contributed by atoms with E-state index in [-0.39, 0.29) is 38.6 Å². The summed E-state index contributed by atoms with van der Waals surface area (Å²) in [7, 11) is 5.97. The maximum atomic E-state index is 12.9. The number of hydrogen-bond acceptors (Lipinski definition) is 7. The summed E-state index contributed by atoms with van der Waals surface area (Å²) in [5.74, 6) is -2.02. The number of carbonyl (C=O) groups excluding carboxylic acids is 2. The Morgan fingerprint density at radius 2 is 0.704 bits per heavy atom. The van der Waals surface area contributed by atoms with E-state index >= 15 is 0 Å². The molecule has 0 fully saturated rings. The van der Waals surface area contributed by atoms with E-state index < -0.39 is 24.3 Å². The van der Waals surface area contributed by atoms with E-state index in [2.05, 4.69) is 123 Å². The molecule has 0 heterocycles. The number of carboxylic acid groups (broad SMARTS) is 1. The van der Waals surface area contributed by atoms with Gasteiger partial charge in [-0.2, -0.15) is 0 Å². The molecule has 0 aliphatic rings. The Morgan fingerprint density at radius 1 is 0.383 bits per heavy atom. The summed E-state index contributed by atoms with van der Waals surface area (Å²) in [5, 5.41) is 9.73. The number of aliphatic carboxylic acids is 1. The zero-order chi connectivity index (χ0) is 59.1.